The Hall–Kier alpha value is -1.51. The molecular formula is C15H20N2O. The van der Waals surface area contributed by atoms with Gasteiger partial charge in [0.05, 0.1) is 6.54 Å². The molecule has 2 aliphatic heterocycles. The van der Waals surface area contributed by atoms with Crippen molar-refractivity contribution in [3.05, 3.63) is 29.8 Å². The number of nitrogens with zero attached hydrogens (tertiary/aromatic N) is 2. The number of carbonyl (C=O) groups is 1. The topological polar surface area (TPSA) is 23.6 Å². The first kappa shape index (κ1) is 11.6. The predicted molar refractivity (Wildman–Crippen MR) is 72.8 cm³/mol. The van der Waals surface area contributed by atoms with Crippen LogP contribution in [0.2, 0.25) is 0 Å². The highest BCUT2D eigenvalue weighted by molar-refractivity contribution is 5.82. The molecule has 18 heavy (non-hydrogen) atoms. The largest absolute Gasteiger partial charge is 0.359 e. The first-order valence-corrected chi connectivity index (χ1v) is 6.88. The monoisotopic (exact) mass is 244 g/mol. The molecule has 1 amide bonds. The number of anilines is 1. The number of rotatable bonds is 2. The number of hydrogen-bond acceptors (Lipinski definition) is 2. The Morgan fingerprint density at radius 2 is 2.00 bits per heavy atom. The predicted octanol–water partition coefficient (Wildman–Crippen LogP) is 2.06. The van der Waals surface area contributed by atoms with Crippen LogP contribution in [0.15, 0.2) is 24.3 Å². The van der Waals surface area contributed by atoms with Crippen molar-refractivity contribution in [1.82, 2.24) is 4.90 Å². The molecular weight excluding hydrogens is 224 g/mol. The number of para-hydroxylation sites is 1. The zero-order valence-corrected chi connectivity index (χ0v) is 10.9. The smallest absolute Gasteiger partial charge is 0.242 e. The van der Waals surface area contributed by atoms with Crippen molar-refractivity contribution in [2.24, 2.45) is 0 Å². The van der Waals surface area contributed by atoms with E-state index in [1.807, 2.05) is 4.90 Å². The van der Waals surface area contributed by atoms with Gasteiger partial charge in [0, 0.05) is 24.8 Å². The lowest BCUT2D eigenvalue weighted by atomic mass is 10.1. The Labute approximate surface area is 108 Å². The third-order valence-electron chi connectivity index (χ3n) is 4.11. The van der Waals surface area contributed by atoms with Crippen LogP contribution in [-0.2, 0) is 11.2 Å². The average molecular weight is 244 g/mol. The summed E-state index contributed by atoms with van der Waals surface area (Å²) in [6, 6.07) is 8.89. The van der Waals surface area contributed by atoms with Crippen LogP contribution in [0.1, 0.15) is 25.3 Å². The van der Waals surface area contributed by atoms with E-state index in [9.17, 15) is 4.79 Å². The SMILES string of the molecule is CC1Cc2ccccc2N1CC(=O)N1CCCC1. The van der Waals surface area contributed by atoms with Gasteiger partial charge in [0.2, 0.25) is 5.91 Å². The molecule has 2 heterocycles. The van der Waals surface area contributed by atoms with E-state index in [2.05, 4.69) is 36.1 Å². The molecule has 0 aromatic heterocycles. The summed E-state index contributed by atoms with van der Waals surface area (Å²) < 4.78 is 0. The van der Waals surface area contributed by atoms with Crippen LogP contribution in [0.3, 0.4) is 0 Å². The van der Waals surface area contributed by atoms with Gasteiger partial charge < -0.3 is 9.80 Å². The van der Waals surface area contributed by atoms with Gasteiger partial charge in [-0.1, -0.05) is 18.2 Å². The highest BCUT2D eigenvalue weighted by atomic mass is 16.2. The van der Waals surface area contributed by atoms with Gasteiger partial charge in [0.1, 0.15) is 0 Å². The first-order chi connectivity index (χ1) is 8.75. The maximum atomic E-state index is 12.2. The second-order valence-corrected chi connectivity index (χ2v) is 5.40. The quantitative estimate of drug-likeness (QED) is 0.795. The molecule has 1 saturated heterocycles. The number of amides is 1. The number of fused-ring (bicyclic) bond motifs is 1. The number of hydrogen-bond donors (Lipinski definition) is 0. The third kappa shape index (κ3) is 1.98. The molecule has 3 nitrogen and oxygen atoms in total. The van der Waals surface area contributed by atoms with E-state index in [1.54, 1.807) is 0 Å². The molecule has 1 unspecified atom stereocenters. The minimum Gasteiger partial charge on any atom is -0.359 e. The van der Waals surface area contributed by atoms with Crippen molar-refractivity contribution in [3.8, 4) is 0 Å². The van der Waals surface area contributed by atoms with Crippen molar-refractivity contribution in [3.63, 3.8) is 0 Å². The van der Waals surface area contributed by atoms with Crippen LogP contribution < -0.4 is 4.90 Å². The maximum Gasteiger partial charge on any atom is 0.242 e. The van der Waals surface area contributed by atoms with Crippen LogP contribution in [-0.4, -0.2) is 36.5 Å². The zero-order valence-electron chi connectivity index (χ0n) is 10.9. The average Bonchev–Trinajstić information content (AvgIpc) is 2.98. The summed E-state index contributed by atoms with van der Waals surface area (Å²) in [6.07, 6.45) is 3.39. The van der Waals surface area contributed by atoms with Gasteiger partial charge in [0.25, 0.3) is 0 Å². The van der Waals surface area contributed by atoms with E-state index in [-0.39, 0.29) is 5.91 Å². The second-order valence-electron chi connectivity index (χ2n) is 5.40. The van der Waals surface area contributed by atoms with E-state index < -0.39 is 0 Å². The molecule has 3 heteroatoms. The van der Waals surface area contributed by atoms with E-state index in [0.29, 0.717) is 12.6 Å². The summed E-state index contributed by atoms with van der Waals surface area (Å²) in [7, 11) is 0. The maximum absolute atomic E-state index is 12.2. The van der Waals surface area contributed by atoms with Crippen LogP contribution in [0, 0.1) is 0 Å². The van der Waals surface area contributed by atoms with Crippen molar-refractivity contribution >= 4 is 11.6 Å². The molecule has 0 N–H and O–H groups in total. The molecule has 96 valence electrons. The molecule has 3 rings (SSSR count). The van der Waals surface area contributed by atoms with Gasteiger partial charge in [0.15, 0.2) is 0 Å². The molecule has 1 aromatic rings. The second kappa shape index (κ2) is 4.63. The van der Waals surface area contributed by atoms with E-state index in [4.69, 9.17) is 0 Å². The molecule has 0 spiro atoms. The summed E-state index contributed by atoms with van der Waals surface area (Å²) in [5, 5.41) is 0. The van der Waals surface area contributed by atoms with Gasteiger partial charge in [-0.2, -0.15) is 0 Å². The minimum atomic E-state index is 0.288. The number of carbonyl (C=O) groups excluding carboxylic acids is 1. The fourth-order valence-electron chi connectivity index (χ4n) is 3.08. The Kier molecular flexibility index (Phi) is 2.98. The van der Waals surface area contributed by atoms with Gasteiger partial charge in [-0.3, -0.25) is 4.79 Å². The Morgan fingerprint density at radius 1 is 1.28 bits per heavy atom. The highest BCUT2D eigenvalue weighted by Crippen LogP contribution is 2.31. The molecule has 0 bridgehead atoms. The molecule has 2 aliphatic rings. The van der Waals surface area contributed by atoms with E-state index in [0.717, 1.165) is 32.4 Å². The lowest BCUT2D eigenvalue weighted by Crippen LogP contribution is -2.41. The Balaban J connectivity index is 1.74. The third-order valence-corrected chi connectivity index (χ3v) is 4.11. The Morgan fingerprint density at radius 3 is 2.78 bits per heavy atom. The molecule has 0 saturated carbocycles. The van der Waals surface area contributed by atoms with Crippen molar-refractivity contribution in [1.29, 1.82) is 0 Å². The van der Waals surface area contributed by atoms with Crippen LogP contribution in [0.5, 0.6) is 0 Å². The summed E-state index contributed by atoms with van der Waals surface area (Å²) in [5.74, 6) is 0.288. The van der Waals surface area contributed by atoms with Gasteiger partial charge in [-0.05, 0) is 37.8 Å². The van der Waals surface area contributed by atoms with E-state index in [1.165, 1.54) is 11.3 Å². The summed E-state index contributed by atoms with van der Waals surface area (Å²) in [6.45, 7) is 4.64. The van der Waals surface area contributed by atoms with Gasteiger partial charge in [-0.25, -0.2) is 0 Å². The molecule has 0 aliphatic carbocycles. The number of likely N-dealkylation sites (tertiary alicyclic amines) is 1. The van der Waals surface area contributed by atoms with Crippen molar-refractivity contribution in [2.45, 2.75) is 32.2 Å². The molecule has 1 aromatic carbocycles. The fraction of sp³-hybridized carbons (Fsp3) is 0.533. The molecule has 1 fully saturated rings. The van der Waals surface area contributed by atoms with Crippen LogP contribution >= 0.6 is 0 Å². The summed E-state index contributed by atoms with van der Waals surface area (Å²) in [4.78, 5) is 16.5. The molecule has 0 radical (unpaired) electrons. The van der Waals surface area contributed by atoms with E-state index >= 15 is 0 Å². The fourth-order valence-corrected chi connectivity index (χ4v) is 3.08. The zero-order chi connectivity index (χ0) is 12.5. The standard InChI is InChI=1S/C15H20N2O/c1-12-10-13-6-2-3-7-14(13)17(12)11-15(18)16-8-4-5-9-16/h2-3,6-7,12H,4-5,8-11H2,1H3. The van der Waals surface area contributed by atoms with Crippen molar-refractivity contribution in [2.75, 3.05) is 24.5 Å². The first-order valence-electron chi connectivity index (χ1n) is 6.88. The summed E-state index contributed by atoms with van der Waals surface area (Å²) >= 11 is 0. The van der Waals surface area contributed by atoms with Crippen LogP contribution in [0.25, 0.3) is 0 Å². The normalized spacial score (nSPS) is 22.4. The highest BCUT2D eigenvalue weighted by Gasteiger charge is 2.29. The van der Waals surface area contributed by atoms with Crippen LogP contribution in [0.4, 0.5) is 5.69 Å². The van der Waals surface area contributed by atoms with Gasteiger partial charge >= 0.3 is 0 Å². The minimum absolute atomic E-state index is 0.288. The Bertz CT molecular complexity index is 452. The van der Waals surface area contributed by atoms with Gasteiger partial charge in [-0.15, -0.1) is 0 Å². The summed E-state index contributed by atoms with van der Waals surface area (Å²) in [5.41, 5.74) is 2.62. The lowest BCUT2D eigenvalue weighted by molar-refractivity contribution is -0.128. The van der Waals surface area contributed by atoms with Crippen molar-refractivity contribution < 1.29 is 4.79 Å². The molecule has 1 atom stereocenters. The lowest BCUT2D eigenvalue weighted by Gasteiger charge is -2.26. The number of benzene rings is 1.